The average Bonchev–Trinajstić information content (AvgIpc) is 4.07. The molecular formula is C67H56O2. The molecule has 0 bridgehead atoms. The molecule has 2 heterocycles. The predicted molar refractivity (Wildman–Crippen MR) is 289 cm³/mol. The Kier molecular flexibility index (Phi) is 9.10. The second-order valence-electron chi connectivity index (χ2n) is 21.9. The Hall–Kier alpha value is -7.42. The van der Waals surface area contributed by atoms with Gasteiger partial charge in [0.25, 0.3) is 0 Å². The molecule has 0 N–H and O–H groups in total. The maximum absolute atomic E-state index is 6.90. The molecule has 1 unspecified atom stereocenters. The molecule has 0 saturated carbocycles. The molecular weight excluding hydrogens is 837 g/mol. The highest BCUT2D eigenvalue weighted by Gasteiger charge is 2.41. The van der Waals surface area contributed by atoms with Crippen LogP contribution in [0.15, 0.2) is 191 Å². The molecule has 2 nitrogen and oxygen atoms in total. The fraction of sp³-hybridized carbons (Fsp3) is 0.194. The molecule has 69 heavy (non-hydrogen) atoms. The number of benzene rings is 9. The third kappa shape index (κ3) is 6.31. The molecule has 11 aromatic rings. The molecule has 0 amide bonds. The van der Waals surface area contributed by atoms with E-state index in [0.717, 1.165) is 45.9 Å². The highest BCUT2D eigenvalue weighted by molar-refractivity contribution is 6.19. The fourth-order valence-electron chi connectivity index (χ4n) is 12.3. The topological polar surface area (TPSA) is 26.3 Å². The zero-order valence-electron chi connectivity index (χ0n) is 40.6. The van der Waals surface area contributed by atoms with E-state index in [1.165, 1.54) is 99.8 Å². The van der Waals surface area contributed by atoms with E-state index in [0.29, 0.717) is 0 Å². The summed E-state index contributed by atoms with van der Waals surface area (Å²) in [5.41, 5.74) is 24.2. The minimum absolute atomic E-state index is 0.0720. The van der Waals surface area contributed by atoms with Gasteiger partial charge >= 0.3 is 0 Å². The van der Waals surface area contributed by atoms with Crippen molar-refractivity contribution in [1.82, 2.24) is 0 Å². The van der Waals surface area contributed by atoms with Crippen LogP contribution in [0.2, 0.25) is 0 Å². The van der Waals surface area contributed by atoms with Crippen LogP contribution in [0.25, 0.3) is 88.4 Å². The van der Waals surface area contributed by atoms with E-state index in [4.69, 9.17) is 8.83 Å². The lowest BCUT2D eigenvalue weighted by Crippen LogP contribution is -2.16. The Balaban J connectivity index is 0.911. The normalized spacial score (nSPS) is 14.9. The van der Waals surface area contributed by atoms with Gasteiger partial charge in [-0.15, -0.1) is 0 Å². The number of furan rings is 2. The molecule has 0 saturated heterocycles. The van der Waals surface area contributed by atoms with Gasteiger partial charge in [0.2, 0.25) is 0 Å². The highest BCUT2D eigenvalue weighted by atomic mass is 16.3. The maximum Gasteiger partial charge on any atom is 0.144 e. The van der Waals surface area contributed by atoms with Crippen molar-refractivity contribution in [1.29, 1.82) is 0 Å². The Morgan fingerprint density at radius 2 is 0.899 bits per heavy atom. The number of rotatable bonds is 7. The third-order valence-electron chi connectivity index (χ3n) is 16.1. The van der Waals surface area contributed by atoms with Crippen molar-refractivity contribution in [3.63, 3.8) is 0 Å². The summed E-state index contributed by atoms with van der Waals surface area (Å²) in [5, 5.41) is 4.72. The SMILES string of the molecule is CC(C)(C)c1ccc(C(CCc2ccc3c(c2)C(C)(C)c2cc(-c4ccccc4)c4c(oc5ccccc54)c2-3)c2ccc3c(c2)C(C)(C)c2cc(-c4ccccc4)c4c(oc5ccccc54)c2-3)cc1. The van der Waals surface area contributed by atoms with Crippen LogP contribution in [0.4, 0.5) is 0 Å². The zero-order chi connectivity index (χ0) is 47.0. The first kappa shape index (κ1) is 41.7. The van der Waals surface area contributed by atoms with Crippen molar-refractivity contribution >= 4 is 43.9 Å². The van der Waals surface area contributed by atoms with E-state index in [9.17, 15) is 0 Å². The lowest BCUT2D eigenvalue weighted by atomic mass is 9.78. The van der Waals surface area contributed by atoms with Gasteiger partial charge in [0.15, 0.2) is 0 Å². The van der Waals surface area contributed by atoms with E-state index < -0.39 is 0 Å². The molecule has 0 fully saturated rings. The molecule has 2 aliphatic carbocycles. The van der Waals surface area contributed by atoms with Crippen molar-refractivity contribution in [3.8, 4) is 44.5 Å². The Bertz CT molecular complexity index is 3850. The number of hydrogen-bond donors (Lipinski definition) is 0. The monoisotopic (exact) mass is 892 g/mol. The minimum atomic E-state index is -0.246. The number of hydrogen-bond acceptors (Lipinski definition) is 2. The fourth-order valence-corrected chi connectivity index (χ4v) is 12.3. The molecule has 13 rings (SSSR count). The summed E-state index contributed by atoms with van der Waals surface area (Å²) >= 11 is 0. The number of fused-ring (bicyclic) bond motifs is 14. The Morgan fingerprint density at radius 3 is 1.42 bits per heavy atom. The van der Waals surface area contributed by atoms with Gasteiger partial charge in [-0.3, -0.25) is 0 Å². The summed E-state index contributed by atoms with van der Waals surface area (Å²) in [5.74, 6) is 0.192. The number of aryl methyl sites for hydroxylation is 1. The first-order valence-corrected chi connectivity index (χ1v) is 24.8. The Labute approximate surface area is 405 Å². The van der Waals surface area contributed by atoms with Gasteiger partial charge in [0.05, 0.1) is 0 Å². The van der Waals surface area contributed by atoms with E-state index in [1.807, 2.05) is 0 Å². The summed E-state index contributed by atoms with van der Waals surface area (Å²) < 4.78 is 13.8. The van der Waals surface area contributed by atoms with Crippen LogP contribution in [0.5, 0.6) is 0 Å². The third-order valence-corrected chi connectivity index (χ3v) is 16.1. The van der Waals surface area contributed by atoms with Gasteiger partial charge < -0.3 is 8.83 Å². The van der Waals surface area contributed by atoms with Crippen LogP contribution in [-0.2, 0) is 22.7 Å². The summed E-state index contributed by atoms with van der Waals surface area (Å²) in [6.07, 6.45) is 1.92. The Morgan fingerprint density at radius 1 is 0.435 bits per heavy atom. The zero-order valence-corrected chi connectivity index (χ0v) is 40.6. The van der Waals surface area contributed by atoms with Crippen LogP contribution in [0, 0.1) is 0 Å². The summed E-state index contributed by atoms with van der Waals surface area (Å²) in [6.45, 7) is 16.5. The number of para-hydroxylation sites is 2. The van der Waals surface area contributed by atoms with Crippen LogP contribution >= 0.6 is 0 Å². The largest absolute Gasteiger partial charge is 0.455 e. The molecule has 336 valence electrons. The first-order chi connectivity index (χ1) is 33.4. The average molecular weight is 893 g/mol. The maximum atomic E-state index is 6.90. The van der Waals surface area contributed by atoms with Crippen molar-refractivity contribution in [2.45, 2.75) is 83.5 Å². The van der Waals surface area contributed by atoms with Gasteiger partial charge in [-0.05, 0) is 120 Å². The molecule has 0 spiro atoms. The quantitative estimate of drug-likeness (QED) is 0.159. The van der Waals surface area contributed by atoms with Crippen LogP contribution < -0.4 is 0 Å². The van der Waals surface area contributed by atoms with Gasteiger partial charge in [-0.1, -0.05) is 206 Å². The molecule has 0 aliphatic heterocycles. The molecule has 9 aromatic carbocycles. The van der Waals surface area contributed by atoms with Crippen LogP contribution in [0.1, 0.15) is 105 Å². The molecule has 2 heteroatoms. The standard InChI is InChI=1S/C67H56O2/c1-65(2,3)45-31-28-43(29-32-45)46(44-30-35-48-54(37-44)67(6,7)56-39-52(42-20-12-9-13-21-42)60-50-23-15-17-25-58(50)69-64(60)62(48)56)33-26-40-27-34-47-53(36-40)66(4,5)55-38-51(41-18-10-8-11-19-41)59-49-22-14-16-24-57(49)68-63(59)61(47)55/h8-25,27-32,34-39,46H,26,33H2,1-7H3. The van der Waals surface area contributed by atoms with Crippen molar-refractivity contribution < 1.29 is 8.83 Å². The van der Waals surface area contributed by atoms with E-state index >= 15 is 0 Å². The smallest absolute Gasteiger partial charge is 0.144 e. The molecule has 2 aliphatic rings. The van der Waals surface area contributed by atoms with Gasteiger partial charge in [0, 0.05) is 49.4 Å². The second-order valence-corrected chi connectivity index (χ2v) is 21.9. The van der Waals surface area contributed by atoms with Crippen molar-refractivity contribution in [2.75, 3.05) is 0 Å². The minimum Gasteiger partial charge on any atom is -0.455 e. The van der Waals surface area contributed by atoms with Crippen LogP contribution in [-0.4, -0.2) is 0 Å². The summed E-state index contributed by atoms with van der Waals surface area (Å²) in [7, 11) is 0. The van der Waals surface area contributed by atoms with E-state index in [2.05, 4.69) is 230 Å². The predicted octanol–water partition coefficient (Wildman–Crippen LogP) is 18.5. The van der Waals surface area contributed by atoms with Gasteiger partial charge in [-0.2, -0.15) is 0 Å². The second kappa shape index (κ2) is 15.0. The van der Waals surface area contributed by atoms with E-state index in [-0.39, 0.29) is 22.2 Å². The summed E-state index contributed by atoms with van der Waals surface area (Å²) in [4.78, 5) is 0. The molecule has 0 radical (unpaired) electrons. The van der Waals surface area contributed by atoms with Gasteiger partial charge in [-0.25, -0.2) is 0 Å². The summed E-state index contributed by atoms with van der Waals surface area (Å²) in [6, 6.07) is 67.8. The van der Waals surface area contributed by atoms with Gasteiger partial charge in [0.1, 0.15) is 22.3 Å². The molecule has 1 atom stereocenters. The molecule has 2 aromatic heterocycles. The lowest BCUT2D eigenvalue weighted by molar-refractivity contribution is 0.589. The van der Waals surface area contributed by atoms with Crippen LogP contribution in [0.3, 0.4) is 0 Å². The first-order valence-electron chi connectivity index (χ1n) is 24.8. The van der Waals surface area contributed by atoms with Crippen molar-refractivity contribution in [3.05, 3.63) is 226 Å². The lowest BCUT2D eigenvalue weighted by Gasteiger charge is -2.26. The van der Waals surface area contributed by atoms with Crippen molar-refractivity contribution in [2.24, 2.45) is 0 Å². The highest BCUT2D eigenvalue weighted by Crippen LogP contribution is 2.57. The van der Waals surface area contributed by atoms with E-state index in [1.54, 1.807) is 0 Å².